The van der Waals surface area contributed by atoms with Crippen molar-refractivity contribution in [1.82, 2.24) is 20.2 Å². The predicted molar refractivity (Wildman–Crippen MR) is 86.9 cm³/mol. The Labute approximate surface area is 137 Å². The highest BCUT2D eigenvalue weighted by Crippen LogP contribution is 2.32. The largest absolute Gasteiger partial charge is 0.497 e. The van der Waals surface area contributed by atoms with E-state index in [0.717, 1.165) is 22.6 Å². The van der Waals surface area contributed by atoms with Crippen LogP contribution < -0.4 is 10.1 Å². The smallest absolute Gasteiger partial charge is 0.248 e. The molecule has 0 saturated heterocycles. The lowest BCUT2D eigenvalue weighted by Crippen LogP contribution is -2.20. The highest BCUT2D eigenvalue weighted by atomic mass is 19.1. The first-order valence-electron chi connectivity index (χ1n) is 7.41. The summed E-state index contributed by atoms with van der Waals surface area (Å²) in [5, 5.41) is 15.0. The van der Waals surface area contributed by atoms with Crippen molar-refractivity contribution in [2.45, 2.75) is 6.04 Å². The van der Waals surface area contributed by atoms with Gasteiger partial charge < -0.3 is 10.1 Å². The van der Waals surface area contributed by atoms with Crippen LogP contribution in [0.3, 0.4) is 0 Å². The summed E-state index contributed by atoms with van der Waals surface area (Å²) in [4.78, 5) is 0. The summed E-state index contributed by atoms with van der Waals surface area (Å²) >= 11 is 0. The first-order valence-corrected chi connectivity index (χ1v) is 7.41. The van der Waals surface area contributed by atoms with Crippen molar-refractivity contribution in [1.29, 1.82) is 0 Å². The van der Waals surface area contributed by atoms with Crippen molar-refractivity contribution in [3.05, 3.63) is 71.6 Å². The van der Waals surface area contributed by atoms with Gasteiger partial charge in [-0.05, 0) is 64.0 Å². The molecule has 0 bridgehead atoms. The molecule has 0 spiro atoms. The SMILES string of the molecule is COc1ccc(C2=C[C@@H](c3ccc(F)cc3)n3nnnc3N2)cc1. The highest BCUT2D eigenvalue weighted by Gasteiger charge is 2.24. The number of allylic oxidation sites excluding steroid dienone is 1. The maximum absolute atomic E-state index is 13.2. The molecule has 120 valence electrons. The molecule has 2 aromatic carbocycles. The number of hydrogen-bond donors (Lipinski definition) is 1. The van der Waals surface area contributed by atoms with Gasteiger partial charge in [-0.25, -0.2) is 4.39 Å². The number of aromatic nitrogens is 4. The van der Waals surface area contributed by atoms with Crippen LogP contribution in [0.2, 0.25) is 0 Å². The van der Waals surface area contributed by atoms with E-state index in [2.05, 4.69) is 20.8 Å². The Morgan fingerprint density at radius 3 is 2.54 bits per heavy atom. The van der Waals surface area contributed by atoms with E-state index in [0.29, 0.717) is 5.95 Å². The number of benzene rings is 2. The van der Waals surface area contributed by atoms with Gasteiger partial charge in [-0.2, -0.15) is 4.68 Å². The summed E-state index contributed by atoms with van der Waals surface area (Å²) < 4.78 is 20.1. The Balaban J connectivity index is 1.76. The molecule has 1 N–H and O–H groups in total. The number of rotatable bonds is 3. The summed E-state index contributed by atoms with van der Waals surface area (Å²) in [6.07, 6.45) is 2.01. The van der Waals surface area contributed by atoms with Gasteiger partial charge in [0.05, 0.1) is 7.11 Å². The van der Waals surface area contributed by atoms with Crippen molar-refractivity contribution in [3.63, 3.8) is 0 Å². The van der Waals surface area contributed by atoms with Crippen LogP contribution in [0.1, 0.15) is 17.2 Å². The Kier molecular flexibility index (Phi) is 3.45. The molecular weight excluding hydrogens is 309 g/mol. The molecule has 0 radical (unpaired) electrons. The summed E-state index contributed by atoms with van der Waals surface area (Å²) in [5.41, 5.74) is 2.77. The Hall–Kier alpha value is -3.22. The fourth-order valence-corrected chi connectivity index (χ4v) is 2.69. The Bertz CT molecular complexity index is 886. The van der Waals surface area contributed by atoms with E-state index in [-0.39, 0.29) is 11.9 Å². The zero-order chi connectivity index (χ0) is 16.5. The molecule has 3 aromatic rings. The van der Waals surface area contributed by atoms with Crippen LogP contribution in [0.4, 0.5) is 10.3 Å². The summed E-state index contributed by atoms with van der Waals surface area (Å²) in [6.45, 7) is 0. The molecule has 6 nitrogen and oxygen atoms in total. The number of methoxy groups -OCH3 is 1. The van der Waals surface area contributed by atoms with Gasteiger partial charge in [-0.1, -0.05) is 17.2 Å². The predicted octanol–water partition coefficient (Wildman–Crippen LogP) is 2.88. The highest BCUT2D eigenvalue weighted by molar-refractivity contribution is 5.77. The fraction of sp³-hybridized carbons (Fsp3) is 0.118. The van der Waals surface area contributed by atoms with Crippen molar-refractivity contribution in [2.75, 3.05) is 12.4 Å². The third-order valence-corrected chi connectivity index (χ3v) is 3.94. The van der Waals surface area contributed by atoms with Crippen LogP contribution in [0.5, 0.6) is 5.75 Å². The van der Waals surface area contributed by atoms with Gasteiger partial charge in [0.25, 0.3) is 0 Å². The van der Waals surface area contributed by atoms with E-state index < -0.39 is 0 Å². The molecule has 1 atom stereocenters. The zero-order valence-corrected chi connectivity index (χ0v) is 12.8. The minimum Gasteiger partial charge on any atom is -0.497 e. The molecule has 0 aliphatic carbocycles. The number of hydrogen-bond acceptors (Lipinski definition) is 5. The maximum atomic E-state index is 13.2. The number of tetrazole rings is 1. The number of fused-ring (bicyclic) bond motifs is 1. The van der Waals surface area contributed by atoms with Crippen molar-refractivity contribution >= 4 is 11.6 Å². The van der Waals surface area contributed by atoms with Crippen LogP contribution >= 0.6 is 0 Å². The second kappa shape index (κ2) is 5.77. The van der Waals surface area contributed by atoms with E-state index in [4.69, 9.17) is 4.74 Å². The molecule has 2 heterocycles. The van der Waals surface area contributed by atoms with Gasteiger partial charge in [0.15, 0.2) is 0 Å². The Morgan fingerprint density at radius 1 is 1.08 bits per heavy atom. The third-order valence-electron chi connectivity index (χ3n) is 3.94. The van der Waals surface area contributed by atoms with Gasteiger partial charge in [-0.3, -0.25) is 0 Å². The minimum absolute atomic E-state index is 0.214. The van der Waals surface area contributed by atoms with Gasteiger partial charge in [0.2, 0.25) is 5.95 Å². The van der Waals surface area contributed by atoms with Crippen LogP contribution in [-0.2, 0) is 0 Å². The first kappa shape index (κ1) is 14.4. The van der Waals surface area contributed by atoms with Gasteiger partial charge in [0.1, 0.15) is 17.6 Å². The monoisotopic (exact) mass is 323 g/mol. The number of anilines is 1. The molecule has 1 aliphatic heterocycles. The van der Waals surface area contributed by atoms with Crippen molar-refractivity contribution in [2.24, 2.45) is 0 Å². The average Bonchev–Trinajstić information content (AvgIpc) is 3.10. The van der Waals surface area contributed by atoms with E-state index in [9.17, 15) is 4.39 Å². The molecule has 0 amide bonds. The Morgan fingerprint density at radius 2 is 1.83 bits per heavy atom. The summed E-state index contributed by atoms with van der Waals surface area (Å²) in [7, 11) is 1.63. The second-order valence-electron chi connectivity index (χ2n) is 5.38. The molecule has 0 saturated carbocycles. The standard InChI is InChI=1S/C17H14FN5O/c1-24-14-8-4-11(5-9-14)15-10-16(12-2-6-13(18)7-3-12)23-17(19-15)20-21-22-23/h2-10,16H,1H3,(H,19,20,22)/t16-/m0/s1. The molecule has 0 unspecified atom stereocenters. The molecule has 7 heteroatoms. The van der Waals surface area contributed by atoms with Gasteiger partial charge >= 0.3 is 0 Å². The van der Waals surface area contributed by atoms with Crippen LogP contribution in [-0.4, -0.2) is 27.3 Å². The normalized spacial score (nSPS) is 16.1. The number of nitrogens with one attached hydrogen (secondary N) is 1. The minimum atomic E-state index is -0.274. The third kappa shape index (κ3) is 2.50. The first-order chi connectivity index (χ1) is 11.7. The van der Waals surface area contributed by atoms with Crippen molar-refractivity contribution < 1.29 is 9.13 Å². The topological polar surface area (TPSA) is 64.9 Å². The molecule has 0 fully saturated rings. The van der Waals surface area contributed by atoms with Crippen LogP contribution in [0.25, 0.3) is 5.70 Å². The van der Waals surface area contributed by atoms with Gasteiger partial charge in [0, 0.05) is 5.70 Å². The van der Waals surface area contributed by atoms with Crippen LogP contribution in [0.15, 0.2) is 54.6 Å². The second-order valence-corrected chi connectivity index (χ2v) is 5.38. The lowest BCUT2D eigenvalue weighted by Gasteiger charge is -2.23. The molecular formula is C17H14FN5O. The molecule has 4 rings (SSSR count). The number of ether oxygens (including phenoxy) is 1. The van der Waals surface area contributed by atoms with E-state index in [1.165, 1.54) is 12.1 Å². The lowest BCUT2D eigenvalue weighted by molar-refractivity contribution is 0.415. The van der Waals surface area contributed by atoms with Gasteiger partial charge in [-0.15, -0.1) is 0 Å². The van der Waals surface area contributed by atoms with E-state index in [1.54, 1.807) is 23.9 Å². The molecule has 24 heavy (non-hydrogen) atoms. The number of halogens is 1. The summed E-state index contributed by atoms with van der Waals surface area (Å²) in [6, 6.07) is 13.8. The fourth-order valence-electron chi connectivity index (χ4n) is 2.69. The van der Waals surface area contributed by atoms with E-state index in [1.807, 2.05) is 30.3 Å². The molecule has 1 aliphatic rings. The van der Waals surface area contributed by atoms with E-state index >= 15 is 0 Å². The average molecular weight is 323 g/mol. The lowest BCUT2D eigenvalue weighted by atomic mass is 10.0. The molecule has 1 aromatic heterocycles. The quantitative estimate of drug-likeness (QED) is 0.803. The maximum Gasteiger partial charge on any atom is 0.248 e. The zero-order valence-electron chi connectivity index (χ0n) is 12.8. The summed E-state index contributed by atoms with van der Waals surface area (Å²) in [5.74, 6) is 1.05. The number of nitrogens with zero attached hydrogens (tertiary/aromatic N) is 4. The van der Waals surface area contributed by atoms with Crippen molar-refractivity contribution in [3.8, 4) is 5.75 Å². The van der Waals surface area contributed by atoms with Crippen LogP contribution in [0, 0.1) is 5.82 Å².